The lowest BCUT2D eigenvalue weighted by atomic mass is 9.95. The fourth-order valence-corrected chi connectivity index (χ4v) is 3.56. The molecule has 0 bridgehead atoms. The summed E-state index contributed by atoms with van der Waals surface area (Å²) in [7, 11) is 0. The van der Waals surface area contributed by atoms with Gasteiger partial charge in [0.2, 0.25) is 11.8 Å². The molecule has 1 aromatic heterocycles. The average Bonchev–Trinajstić information content (AvgIpc) is 3.21. The number of hydrogen-bond donors (Lipinski definition) is 2. The number of rotatable bonds is 5. The molecule has 0 atom stereocenters. The molecule has 6 nitrogen and oxygen atoms in total. The van der Waals surface area contributed by atoms with Gasteiger partial charge in [0.1, 0.15) is 0 Å². The number of likely N-dealkylation sites (tertiary alicyclic amines) is 1. The molecule has 2 heterocycles. The van der Waals surface area contributed by atoms with Crippen LogP contribution in [0.4, 0.5) is 5.69 Å². The minimum atomic E-state index is -0.231. The molecule has 2 N–H and O–H groups in total. The fourth-order valence-electron chi connectivity index (χ4n) is 2.92. The van der Waals surface area contributed by atoms with E-state index in [1.54, 1.807) is 17.0 Å². The number of piperidine rings is 1. The van der Waals surface area contributed by atoms with E-state index in [9.17, 15) is 14.4 Å². The summed E-state index contributed by atoms with van der Waals surface area (Å²) in [6, 6.07) is 12.9. The van der Waals surface area contributed by atoms with Crippen molar-refractivity contribution in [2.45, 2.75) is 12.8 Å². The van der Waals surface area contributed by atoms with Crippen molar-refractivity contribution in [2.75, 3.05) is 25.0 Å². The van der Waals surface area contributed by atoms with Crippen LogP contribution in [0.15, 0.2) is 47.8 Å². The van der Waals surface area contributed by atoms with Crippen LogP contribution in [0.2, 0.25) is 0 Å². The van der Waals surface area contributed by atoms with Crippen LogP contribution in [0.1, 0.15) is 22.5 Å². The Morgan fingerprint density at radius 2 is 1.77 bits per heavy atom. The largest absolute Gasteiger partial charge is 0.342 e. The first kappa shape index (κ1) is 18.1. The molecule has 0 radical (unpaired) electrons. The van der Waals surface area contributed by atoms with Gasteiger partial charge < -0.3 is 15.5 Å². The Morgan fingerprint density at radius 3 is 2.42 bits per heavy atom. The van der Waals surface area contributed by atoms with Gasteiger partial charge in [0, 0.05) is 24.7 Å². The van der Waals surface area contributed by atoms with Crippen LogP contribution >= 0.6 is 11.3 Å². The van der Waals surface area contributed by atoms with E-state index >= 15 is 0 Å². The van der Waals surface area contributed by atoms with E-state index in [1.165, 1.54) is 11.3 Å². The van der Waals surface area contributed by atoms with Crippen LogP contribution in [0.5, 0.6) is 0 Å². The van der Waals surface area contributed by atoms with Crippen molar-refractivity contribution >= 4 is 34.7 Å². The standard InChI is InChI=1S/C19H21N3O3S/c23-17(13-20-19(25)16-7-4-12-26-16)22-10-8-14(9-11-22)18(24)21-15-5-2-1-3-6-15/h1-7,12,14H,8-11,13H2,(H,20,25)(H,21,24). The first-order chi connectivity index (χ1) is 12.6. The summed E-state index contributed by atoms with van der Waals surface area (Å²) in [6.07, 6.45) is 1.26. The molecule has 0 saturated carbocycles. The van der Waals surface area contributed by atoms with Crippen LogP contribution in [-0.2, 0) is 9.59 Å². The van der Waals surface area contributed by atoms with E-state index in [0.717, 1.165) is 5.69 Å². The highest BCUT2D eigenvalue weighted by Crippen LogP contribution is 2.19. The van der Waals surface area contributed by atoms with Gasteiger partial charge in [0.25, 0.3) is 5.91 Å². The fraction of sp³-hybridized carbons (Fsp3) is 0.316. The summed E-state index contributed by atoms with van der Waals surface area (Å²) in [4.78, 5) is 38.8. The number of amides is 3. The van der Waals surface area contributed by atoms with Gasteiger partial charge in [-0.1, -0.05) is 24.3 Å². The number of carbonyl (C=O) groups is 3. The smallest absolute Gasteiger partial charge is 0.261 e. The maximum Gasteiger partial charge on any atom is 0.261 e. The average molecular weight is 371 g/mol. The van der Waals surface area contributed by atoms with Crippen molar-refractivity contribution in [2.24, 2.45) is 5.92 Å². The molecule has 0 unspecified atom stereocenters. The summed E-state index contributed by atoms with van der Waals surface area (Å²) >= 11 is 1.34. The third-order valence-electron chi connectivity index (χ3n) is 4.40. The Balaban J connectivity index is 1.42. The molecule has 1 aliphatic heterocycles. The van der Waals surface area contributed by atoms with Crippen molar-refractivity contribution in [3.8, 4) is 0 Å². The number of hydrogen-bond acceptors (Lipinski definition) is 4. The zero-order valence-electron chi connectivity index (χ0n) is 14.3. The van der Waals surface area contributed by atoms with Gasteiger partial charge in [-0.15, -0.1) is 11.3 Å². The second-order valence-corrected chi connectivity index (χ2v) is 7.12. The molecular formula is C19H21N3O3S. The quantitative estimate of drug-likeness (QED) is 0.847. The molecule has 0 spiro atoms. The minimum Gasteiger partial charge on any atom is -0.342 e. The number of thiophene rings is 1. The highest BCUT2D eigenvalue weighted by Gasteiger charge is 2.27. The molecule has 136 valence electrons. The van der Waals surface area contributed by atoms with Gasteiger partial charge in [0.15, 0.2) is 0 Å². The lowest BCUT2D eigenvalue weighted by Crippen LogP contribution is -2.45. The van der Waals surface area contributed by atoms with Crippen molar-refractivity contribution in [3.05, 3.63) is 52.7 Å². The van der Waals surface area contributed by atoms with Gasteiger partial charge in [-0.05, 0) is 36.4 Å². The van der Waals surface area contributed by atoms with Crippen LogP contribution in [0.25, 0.3) is 0 Å². The molecule has 26 heavy (non-hydrogen) atoms. The summed E-state index contributed by atoms with van der Waals surface area (Å²) in [5, 5.41) is 7.38. The normalized spacial score (nSPS) is 14.7. The van der Waals surface area contributed by atoms with E-state index in [4.69, 9.17) is 0 Å². The second kappa shape index (κ2) is 8.62. The molecule has 0 aliphatic carbocycles. The number of benzene rings is 1. The third-order valence-corrected chi connectivity index (χ3v) is 5.27. The Labute approximate surface area is 156 Å². The van der Waals surface area contributed by atoms with E-state index in [2.05, 4.69) is 10.6 Å². The Kier molecular flexibility index (Phi) is 6.01. The molecular weight excluding hydrogens is 350 g/mol. The molecule has 3 amide bonds. The van der Waals surface area contributed by atoms with Crippen molar-refractivity contribution in [1.29, 1.82) is 0 Å². The maximum atomic E-state index is 12.3. The van der Waals surface area contributed by atoms with E-state index < -0.39 is 0 Å². The van der Waals surface area contributed by atoms with Crippen LogP contribution < -0.4 is 10.6 Å². The molecule has 1 saturated heterocycles. The number of nitrogens with one attached hydrogen (secondary N) is 2. The van der Waals surface area contributed by atoms with Gasteiger partial charge in [-0.3, -0.25) is 14.4 Å². The van der Waals surface area contributed by atoms with Crippen molar-refractivity contribution in [3.63, 3.8) is 0 Å². The van der Waals surface area contributed by atoms with Gasteiger partial charge in [-0.25, -0.2) is 0 Å². The lowest BCUT2D eigenvalue weighted by molar-refractivity contribution is -0.133. The Bertz CT molecular complexity index is 754. The van der Waals surface area contributed by atoms with Crippen molar-refractivity contribution < 1.29 is 14.4 Å². The summed E-state index contributed by atoms with van der Waals surface area (Å²) < 4.78 is 0. The predicted molar refractivity (Wildman–Crippen MR) is 101 cm³/mol. The SMILES string of the molecule is O=C(NCC(=O)N1CCC(C(=O)Nc2ccccc2)CC1)c1cccs1. The number of anilines is 1. The van der Waals surface area contributed by atoms with E-state index in [1.807, 2.05) is 35.7 Å². The predicted octanol–water partition coefficient (Wildman–Crippen LogP) is 2.36. The van der Waals surface area contributed by atoms with Gasteiger partial charge in [0.05, 0.1) is 11.4 Å². The minimum absolute atomic E-state index is 0.00528. The molecule has 1 aromatic carbocycles. The summed E-state index contributed by atoms with van der Waals surface area (Å²) in [6.45, 7) is 1.04. The highest BCUT2D eigenvalue weighted by atomic mass is 32.1. The number of nitrogens with zero attached hydrogens (tertiary/aromatic N) is 1. The molecule has 1 aliphatic rings. The number of para-hydroxylation sites is 1. The topological polar surface area (TPSA) is 78.5 Å². The Morgan fingerprint density at radius 1 is 1.04 bits per heavy atom. The van der Waals surface area contributed by atoms with Crippen LogP contribution in [-0.4, -0.2) is 42.3 Å². The molecule has 1 fully saturated rings. The first-order valence-electron chi connectivity index (χ1n) is 8.59. The highest BCUT2D eigenvalue weighted by molar-refractivity contribution is 7.12. The Hall–Kier alpha value is -2.67. The molecule has 3 rings (SSSR count). The summed E-state index contributed by atoms with van der Waals surface area (Å²) in [5.41, 5.74) is 0.785. The van der Waals surface area contributed by atoms with Crippen LogP contribution in [0.3, 0.4) is 0 Å². The van der Waals surface area contributed by atoms with Gasteiger partial charge in [-0.2, -0.15) is 0 Å². The first-order valence-corrected chi connectivity index (χ1v) is 9.47. The van der Waals surface area contributed by atoms with Crippen LogP contribution in [0, 0.1) is 5.92 Å². The third kappa shape index (κ3) is 4.70. The lowest BCUT2D eigenvalue weighted by Gasteiger charge is -2.31. The summed E-state index contributed by atoms with van der Waals surface area (Å²) in [5.74, 6) is -0.448. The van der Waals surface area contributed by atoms with Gasteiger partial charge >= 0.3 is 0 Å². The van der Waals surface area contributed by atoms with E-state index in [0.29, 0.717) is 30.8 Å². The van der Waals surface area contributed by atoms with Crippen molar-refractivity contribution in [1.82, 2.24) is 10.2 Å². The monoisotopic (exact) mass is 371 g/mol. The second-order valence-electron chi connectivity index (χ2n) is 6.17. The molecule has 2 aromatic rings. The zero-order valence-corrected chi connectivity index (χ0v) is 15.1. The molecule has 7 heteroatoms. The maximum absolute atomic E-state index is 12.3. The number of carbonyl (C=O) groups excluding carboxylic acids is 3. The van der Waals surface area contributed by atoms with E-state index in [-0.39, 0.29) is 30.2 Å². The zero-order chi connectivity index (χ0) is 18.4.